The van der Waals surface area contributed by atoms with Crippen molar-refractivity contribution in [2.45, 2.75) is 109 Å². The number of ether oxygens (including phenoxy) is 3. The number of hydrogen-bond acceptors (Lipinski definition) is 9. The van der Waals surface area contributed by atoms with Gasteiger partial charge in [0.2, 0.25) is 0 Å². The number of esters is 1. The molecule has 1 aliphatic carbocycles. The average molecular weight is 820 g/mol. The number of nitrogens with two attached hydrogens (primary N) is 1. The van der Waals surface area contributed by atoms with Crippen LogP contribution in [0.5, 0.6) is 11.5 Å². The zero-order chi connectivity index (χ0) is 42.9. The number of piperidine rings is 1. The number of likely N-dealkylation sites (tertiary alicyclic amines) is 1. The first-order chi connectivity index (χ1) is 29.1. The van der Waals surface area contributed by atoms with Gasteiger partial charge in [-0.15, -0.1) is 0 Å². The van der Waals surface area contributed by atoms with Crippen molar-refractivity contribution < 1.29 is 33.7 Å². The maximum Gasteiger partial charge on any atom is 0.306 e. The number of nitrogens with zero attached hydrogens (tertiary/aromatic N) is 1. The van der Waals surface area contributed by atoms with Crippen LogP contribution in [0.1, 0.15) is 121 Å². The molecule has 4 aromatic carbocycles. The molecule has 3 aliphatic rings. The highest BCUT2D eigenvalue weighted by atomic mass is 16.6. The molecule has 2 aliphatic heterocycles. The van der Waals surface area contributed by atoms with E-state index in [4.69, 9.17) is 14.2 Å². The topological polar surface area (TPSA) is 140 Å². The van der Waals surface area contributed by atoms with Crippen LogP contribution >= 0.6 is 0 Å². The summed E-state index contributed by atoms with van der Waals surface area (Å²) in [5.74, 6) is 1.69. The number of hydrogen-bond donors (Lipinski definition) is 3. The summed E-state index contributed by atoms with van der Waals surface area (Å²) in [5, 5.41) is 13.0. The lowest BCUT2D eigenvalue weighted by Crippen LogP contribution is -2.40. The molecule has 3 atom stereocenters. The van der Waals surface area contributed by atoms with Gasteiger partial charge in [-0.3, -0.25) is 9.59 Å². The van der Waals surface area contributed by atoms with Gasteiger partial charge in [0.05, 0.1) is 19.3 Å². The standard InChI is InChI=1S/C40H44N2O4.C9H16O3.CH5N/c43-33-13-18-37-31(25-33)12-17-36(29-6-2-1-3-7-29)39(37)30-10-14-34(15-11-30)45-22-5-21-42-20-4-8-35(27-42)46-23-19-28-9-16-38-32(24-28)26-41-40(38)44;1-9(2,3)12-8(11)6-4-5-7-10;1-2/h1-3,6-7,9-11,13-16,18,24-25,35-36,39,43H,4-5,8,12,17,19-23,26-27H2,(H,41,44);7H,4-6H2,1-3H3;2H2,1H3. The van der Waals surface area contributed by atoms with Crippen molar-refractivity contribution in [2.75, 3.05) is 39.9 Å². The minimum absolute atomic E-state index is 0.0323. The Morgan fingerprint density at radius 1 is 0.917 bits per heavy atom. The van der Waals surface area contributed by atoms with Gasteiger partial charge in [0, 0.05) is 44.0 Å². The van der Waals surface area contributed by atoms with Crippen LogP contribution in [0, 0.1) is 0 Å². The molecule has 322 valence electrons. The number of benzene rings is 4. The molecule has 0 bridgehead atoms. The molecule has 10 heteroatoms. The monoisotopic (exact) mass is 819 g/mol. The first-order valence-electron chi connectivity index (χ1n) is 21.6. The summed E-state index contributed by atoms with van der Waals surface area (Å²) in [7, 11) is 1.50. The van der Waals surface area contributed by atoms with Gasteiger partial charge in [0.15, 0.2) is 0 Å². The van der Waals surface area contributed by atoms with Crippen LogP contribution in [0.3, 0.4) is 0 Å². The summed E-state index contributed by atoms with van der Waals surface area (Å²) in [4.78, 5) is 35.2. The molecule has 4 N–H and O–H groups in total. The van der Waals surface area contributed by atoms with Crippen LogP contribution in [0.2, 0.25) is 0 Å². The molecule has 7 rings (SSSR count). The molecule has 60 heavy (non-hydrogen) atoms. The first kappa shape index (κ1) is 46.0. The number of fused-ring (bicyclic) bond motifs is 2. The van der Waals surface area contributed by atoms with Crippen LogP contribution < -0.4 is 15.8 Å². The molecule has 4 aromatic rings. The van der Waals surface area contributed by atoms with Gasteiger partial charge >= 0.3 is 5.97 Å². The number of phenolic OH excluding ortho intramolecular Hbond substituents is 1. The zero-order valence-electron chi connectivity index (χ0n) is 36.0. The second-order valence-electron chi connectivity index (χ2n) is 16.7. The molecule has 1 fully saturated rings. The fourth-order valence-corrected chi connectivity index (χ4v) is 8.39. The van der Waals surface area contributed by atoms with Gasteiger partial charge in [-0.1, -0.05) is 60.7 Å². The largest absolute Gasteiger partial charge is 0.508 e. The number of aromatic hydroxyl groups is 1. The third-order valence-corrected chi connectivity index (χ3v) is 11.1. The van der Waals surface area contributed by atoms with Crippen LogP contribution in [0.25, 0.3) is 0 Å². The summed E-state index contributed by atoms with van der Waals surface area (Å²) in [6.45, 7) is 10.6. The van der Waals surface area contributed by atoms with Crippen molar-refractivity contribution in [3.8, 4) is 11.5 Å². The van der Waals surface area contributed by atoms with E-state index in [1.165, 1.54) is 34.9 Å². The van der Waals surface area contributed by atoms with E-state index >= 15 is 0 Å². The van der Waals surface area contributed by atoms with E-state index in [0.717, 1.165) is 81.3 Å². The van der Waals surface area contributed by atoms with Crippen molar-refractivity contribution in [3.05, 3.63) is 130 Å². The van der Waals surface area contributed by atoms with E-state index in [1.54, 1.807) is 0 Å². The summed E-state index contributed by atoms with van der Waals surface area (Å²) in [5.41, 5.74) is 12.4. The summed E-state index contributed by atoms with van der Waals surface area (Å²) in [6.07, 6.45) is 8.57. The number of aryl methyl sites for hydroxylation is 1. The Hall–Kier alpha value is -5.03. The van der Waals surface area contributed by atoms with E-state index in [-0.39, 0.29) is 23.9 Å². The number of rotatable bonds is 15. The van der Waals surface area contributed by atoms with Gasteiger partial charge in [-0.25, -0.2) is 0 Å². The molecule has 0 saturated carbocycles. The number of unbranched alkanes of at least 4 members (excludes halogenated alkanes) is 1. The van der Waals surface area contributed by atoms with Crippen molar-refractivity contribution in [1.82, 2.24) is 10.2 Å². The Kier molecular flexibility index (Phi) is 17.7. The Labute approximate surface area is 356 Å². The Bertz CT molecular complexity index is 1960. The van der Waals surface area contributed by atoms with Crippen molar-refractivity contribution in [1.29, 1.82) is 0 Å². The van der Waals surface area contributed by atoms with Crippen molar-refractivity contribution >= 4 is 18.2 Å². The predicted octanol–water partition coefficient (Wildman–Crippen LogP) is 8.26. The van der Waals surface area contributed by atoms with Crippen LogP contribution in [0.4, 0.5) is 0 Å². The maximum atomic E-state index is 11.8. The molecule has 0 aromatic heterocycles. The molecule has 0 spiro atoms. The minimum atomic E-state index is -0.418. The van der Waals surface area contributed by atoms with Gasteiger partial charge < -0.3 is 40.1 Å². The second-order valence-corrected chi connectivity index (χ2v) is 16.7. The number of amides is 1. The van der Waals surface area contributed by atoms with Gasteiger partial charge in [0.1, 0.15) is 23.4 Å². The molecule has 2 heterocycles. The van der Waals surface area contributed by atoms with Gasteiger partial charge in [0.25, 0.3) is 5.91 Å². The molecule has 0 radical (unpaired) electrons. The lowest BCUT2D eigenvalue weighted by Gasteiger charge is -2.35. The number of aldehydes is 1. The van der Waals surface area contributed by atoms with E-state index in [9.17, 15) is 19.5 Å². The molecule has 1 amide bonds. The first-order valence-corrected chi connectivity index (χ1v) is 21.6. The third-order valence-electron chi connectivity index (χ3n) is 11.1. The predicted molar refractivity (Wildman–Crippen MR) is 237 cm³/mol. The molecular formula is C50H65N3O7. The quantitative estimate of drug-likeness (QED) is 0.0615. The Morgan fingerprint density at radius 3 is 2.45 bits per heavy atom. The Balaban J connectivity index is 0.000000422. The van der Waals surface area contributed by atoms with E-state index < -0.39 is 5.60 Å². The van der Waals surface area contributed by atoms with E-state index in [1.807, 2.05) is 39.0 Å². The normalized spacial score (nSPS) is 18.4. The number of carbonyl (C=O) groups is 3. The number of nitrogens with one attached hydrogen (secondary N) is 1. The third kappa shape index (κ3) is 13.8. The van der Waals surface area contributed by atoms with Gasteiger partial charge in [-0.2, -0.15) is 0 Å². The smallest absolute Gasteiger partial charge is 0.306 e. The summed E-state index contributed by atoms with van der Waals surface area (Å²) < 4.78 is 17.5. The zero-order valence-corrected chi connectivity index (χ0v) is 36.0. The highest BCUT2D eigenvalue weighted by molar-refractivity contribution is 5.98. The lowest BCUT2D eigenvalue weighted by atomic mass is 9.69. The van der Waals surface area contributed by atoms with Crippen LogP contribution in [-0.4, -0.2) is 79.8 Å². The van der Waals surface area contributed by atoms with Gasteiger partial charge in [-0.05, 0) is 149 Å². The second kappa shape index (κ2) is 23.1. The summed E-state index contributed by atoms with van der Waals surface area (Å²) >= 11 is 0. The molecule has 1 saturated heterocycles. The fourth-order valence-electron chi connectivity index (χ4n) is 8.39. The lowest BCUT2D eigenvalue weighted by molar-refractivity contribution is -0.154. The minimum Gasteiger partial charge on any atom is -0.508 e. The number of phenols is 1. The van der Waals surface area contributed by atoms with Crippen LogP contribution in [-0.2, 0) is 38.4 Å². The highest BCUT2D eigenvalue weighted by Gasteiger charge is 2.32. The highest BCUT2D eigenvalue weighted by Crippen LogP contribution is 2.47. The summed E-state index contributed by atoms with van der Waals surface area (Å²) in [6, 6.07) is 31.5. The van der Waals surface area contributed by atoms with E-state index in [2.05, 4.69) is 88.7 Å². The van der Waals surface area contributed by atoms with Crippen LogP contribution in [0.15, 0.2) is 91.0 Å². The molecule has 3 unspecified atom stereocenters. The fraction of sp³-hybridized carbons (Fsp3) is 0.460. The Morgan fingerprint density at radius 2 is 1.70 bits per heavy atom. The SMILES string of the molecule is CC(C)(C)OC(=O)CCCC=O.CN.O=C1NCc2cc(CCOC3CCCN(CCCOc4ccc(C5c6ccc(O)cc6CCC5c5ccccc5)cc4)C3)ccc21. The van der Waals surface area contributed by atoms with E-state index in [0.29, 0.717) is 50.7 Å². The average Bonchev–Trinajstić information content (AvgIpc) is 3.62. The molecule has 10 nitrogen and oxygen atoms in total. The maximum absolute atomic E-state index is 11.8. The van der Waals surface area contributed by atoms with Crippen molar-refractivity contribution in [3.63, 3.8) is 0 Å². The van der Waals surface area contributed by atoms with Crippen molar-refractivity contribution in [2.24, 2.45) is 5.73 Å². The number of carbonyl (C=O) groups excluding carboxylic acids is 3. The molecular weight excluding hydrogens is 755 g/mol.